The molecule has 2 aromatic heterocycles. The van der Waals surface area contributed by atoms with Crippen LogP contribution in [0.5, 0.6) is 11.5 Å². The fourth-order valence-electron chi connectivity index (χ4n) is 12.0. The number of anilines is 4. The monoisotopic (exact) mass is 1050 g/mol. The quantitative estimate of drug-likeness (QED) is 0.129. The Labute approximate surface area is 476 Å². The Bertz CT molecular complexity index is 3920. The zero-order chi connectivity index (χ0) is 56.7. The summed E-state index contributed by atoms with van der Waals surface area (Å²) < 4.78 is 9.56. The van der Waals surface area contributed by atoms with E-state index in [0.29, 0.717) is 6.67 Å². The van der Waals surface area contributed by atoms with Crippen LogP contribution in [0, 0.1) is 0 Å². The zero-order valence-electron chi connectivity index (χ0n) is 50.0. The molecule has 0 N–H and O–H groups in total. The summed E-state index contributed by atoms with van der Waals surface area (Å²) in [6, 6.07) is 72.0. The average Bonchev–Trinajstić information content (AvgIpc) is 4.16. The molecule has 0 bridgehead atoms. The van der Waals surface area contributed by atoms with Crippen molar-refractivity contribution >= 4 is 44.6 Å². The summed E-state index contributed by atoms with van der Waals surface area (Å²) in [5.41, 5.74) is 17.0. The van der Waals surface area contributed by atoms with Gasteiger partial charge in [0.1, 0.15) is 24.0 Å². The van der Waals surface area contributed by atoms with Crippen LogP contribution in [0.2, 0.25) is 0 Å². The summed E-state index contributed by atoms with van der Waals surface area (Å²) in [7, 11) is 0. The third kappa shape index (κ3) is 9.88. The number of fused-ring (bicyclic) bond motifs is 4. The van der Waals surface area contributed by atoms with E-state index in [-0.39, 0.29) is 32.5 Å². The second-order valence-electron chi connectivity index (χ2n) is 27.1. The van der Waals surface area contributed by atoms with Crippen molar-refractivity contribution in [3.05, 3.63) is 250 Å². The summed E-state index contributed by atoms with van der Waals surface area (Å²) in [5, 5.41) is 2.37. The van der Waals surface area contributed by atoms with Crippen molar-refractivity contribution in [3.63, 3.8) is 0 Å². The number of benzene rings is 8. The van der Waals surface area contributed by atoms with E-state index in [2.05, 4.69) is 312 Å². The molecule has 1 aliphatic rings. The van der Waals surface area contributed by atoms with Crippen molar-refractivity contribution in [1.29, 1.82) is 0 Å². The second kappa shape index (κ2) is 19.7. The predicted octanol–water partition coefficient (Wildman–Crippen LogP) is 20.1. The first kappa shape index (κ1) is 54.1. The van der Waals surface area contributed by atoms with E-state index < -0.39 is 0 Å². The van der Waals surface area contributed by atoms with Crippen LogP contribution in [0.1, 0.15) is 154 Å². The highest BCUT2D eigenvalue weighted by molar-refractivity contribution is 6.10. The van der Waals surface area contributed by atoms with Gasteiger partial charge in [-0.3, -0.25) is 4.57 Å². The zero-order valence-corrected chi connectivity index (χ0v) is 50.0. The maximum absolute atomic E-state index is 7.23. The highest BCUT2D eigenvalue weighted by Gasteiger charge is 2.39. The van der Waals surface area contributed by atoms with Gasteiger partial charge in [0.2, 0.25) is 0 Å². The first-order chi connectivity index (χ1) is 37.8. The minimum absolute atomic E-state index is 0.0112. The topological polar surface area (TPSA) is 33.5 Å². The molecule has 0 radical (unpaired) electrons. The minimum Gasteiger partial charge on any atom is -0.457 e. The van der Waals surface area contributed by atoms with Crippen LogP contribution in [0.15, 0.2) is 200 Å². The van der Waals surface area contributed by atoms with Gasteiger partial charge < -0.3 is 14.5 Å². The van der Waals surface area contributed by atoms with Gasteiger partial charge in [-0.05, 0) is 139 Å². The lowest BCUT2D eigenvalue weighted by atomic mass is 9.68. The van der Waals surface area contributed by atoms with Crippen molar-refractivity contribution in [2.45, 2.75) is 136 Å². The summed E-state index contributed by atoms with van der Waals surface area (Å²) in [4.78, 5) is 10.1. The van der Waals surface area contributed by atoms with Gasteiger partial charge in [-0.1, -0.05) is 213 Å². The minimum atomic E-state index is -0.350. The smallest absolute Gasteiger partial charge is 0.137 e. The molecule has 1 aliphatic heterocycles. The Balaban J connectivity index is 1.10. The lowest BCUT2D eigenvalue weighted by Crippen LogP contribution is -2.28. The fourth-order valence-corrected chi connectivity index (χ4v) is 12.0. The molecule has 0 amide bonds. The molecule has 0 spiro atoms. The molecule has 5 nitrogen and oxygen atoms in total. The van der Waals surface area contributed by atoms with Gasteiger partial charge in [0.25, 0.3) is 0 Å². The van der Waals surface area contributed by atoms with Gasteiger partial charge in [-0.2, -0.15) is 0 Å². The first-order valence-electron chi connectivity index (χ1n) is 28.7. The molecule has 0 atom stereocenters. The average molecular weight is 1050 g/mol. The normalized spacial score (nSPS) is 13.6. The molecule has 0 aliphatic carbocycles. The van der Waals surface area contributed by atoms with Crippen molar-refractivity contribution in [2.24, 2.45) is 0 Å². The van der Waals surface area contributed by atoms with E-state index in [1.807, 2.05) is 6.20 Å². The summed E-state index contributed by atoms with van der Waals surface area (Å²) in [6.07, 6.45) is 1.95. The molecule has 10 aromatic rings. The lowest BCUT2D eigenvalue weighted by molar-refractivity contribution is 0.479. The third-order valence-electron chi connectivity index (χ3n) is 17.4. The highest BCUT2D eigenvalue weighted by Crippen LogP contribution is 2.53. The predicted molar refractivity (Wildman–Crippen MR) is 339 cm³/mol. The molecular weight excluding hydrogens is 973 g/mol. The molecule has 0 fully saturated rings. The van der Waals surface area contributed by atoms with Crippen molar-refractivity contribution in [1.82, 2.24) is 9.55 Å². The van der Waals surface area contributed by atoms with Gasteiger partial charge >= 0.3 is 0 Å². The van der Waals surface area contributed by atoms with E-state index in [0.717, 1.165) is 45.4 Å². The highest BCUT2D eigenvalue weighted by atomic mass is 16.5. The van der Waals surface area contributed by atoms with Crippen molar-refractivity contribution in [3.8, 4) is 17.3 Å². The maximum atomic E-state index is 7.23. The number of nitrogens with zero attached hydrogens (tertiary/aromatic N) is 4. The third-order valence-corrected chi connectivity index (χ3v) is 17.4. The molecule has 0 unspecified atom stereocenters. The van der Waals surface area contributed by atoms with Gasteiger partial charge in [0, 0.05) is 56.7 Å². The lowest BCUT2D eigenvalue weighted by Gasteiger charge is -2.37. The molecule has 5 heteroatoms. The van der Waals surface area contributed by atoms with Crippen molar-refractivity contribution in [2.75, 3.05) is 16.5 Å². The summed E-state index contributed by atoms with van der Waals surface area (Å²) in [6.45, 7) is 35.4. The van der Waals surface area contributed by atoms with Crippen LogP contribution < -0.4 is 14.5 Å². The van der Waals surface area contributed by atoms with Crippen LogP contribution in [0.3, 0.4) is 0 Å². The maximum Gasteiger partial charge on any atom is 0.137 e. The molecule has 80 heavy (non-hydrogen) atoms. The van der Waals surface area contributed by atoms with E-state index in [1.54, 1.807) is 0 Å². The van der Waals surface area contributed by atoms with E-state index in [9.17, 15) is 0 Å². The Morgan fingerprint density at radius 2 is 0.863 bits per heavy atom. The number of aromatic nitrogens is 2. The van der Waals surface area contributed by atoms with Crippen LogP contribution in [-0.2, 0) is 32.5 Å². The molecular formula is C75H80N4O. The number of pyridine rings is 1. The van der Waals surface area contributed by atoms with Crippen LogP contribution in [0.4, 0.5) is 22.7 Å². The van der Waals surface area contributed by atoms with Gasteiger partial charge in [0.15, 0.2) is 0 Å². The van der Waals surface area contributed by atoms with E-state index in [4.69, 9.17) is 9.72 Å². The number of rotatable bonds is 11. The number of ether oxygens (including phenoxy) is 1. The molecule has 0 saturated heterocycles. The molecule has 11 rings (SSSR count). The van der Waals surface area contributed by atoms with E-state index in [1.165, 1.54) is 66.5 Å². The van der Waals surface area contributed by atoms with Crippen LogP contribution >= 0.6 is 0 Å². The molecule has 8 aromatic carbocycles. The first-order valence-corrected chi connectivity index (χ1v) is 28.7. The summed E-state index contributed by atoms with van der Waals surface area (Å²) >= 11 is 0. The van der Waals surface area contributed by atoms with Crippen LogP contribution in [0.25, 0.3) is 27.6 Å². The molecule has 0 saturated carbocycles. The van der Waals surface area contributed by atoms with Gasteiger partial charge in [0.05, 0.1) is 22.4 Å². The standard InChI is InChI=1S/C75H80N4O/c1-70(2,3)53-34-37-65-62(43-53)61-36-35-59(46-66(61)79(65)69-44-54(38-39-76-69)71(4,5)6)80-60-42-56(72(7,8)9)41-58(45-60)78-49-77(57-33-25-32-55(40-57)73(10,11)50-26-19-16-20-27-50)67-47-63(74(12,13)51-28-21-17-22-29-51)64(48-68(67)78)75(14,15)52-30-23-18-24-31-52/h16-48H,49H2,1-15H3. The van der Waals surface area contributed by atoms with Gasteiger partial charge in [-0.15, -0.1) is 0 Å². The molecule has 3 heterocycles. The Kier molecular flexibility index (Phi) is 13.3. The van der Waals surface area contributed by atoms with Gasteiger partial charge in [-0.25, -0.2) is 4.98 Å². The molecule has 406 valence electrons. The van der Waals surface area contributed by atoms with Crippen LogP contribution in [-0.4, -0.2) is 16.2 Å². The Morgan fingerprint density at radius 3 is 1.43 bits per heavy atom. The number of hydrogen-bond acceptors (Lipinski definition) is 4. The van der Waals surface area contributed by atoms with Crippen molar-refractivity contribution < 1.29 is 4.74 Å². The fraction of sp³-hybridized carbons (Fsp3) is 0.293. The Hall–Kier alpha value is -7.89. The second-order valence-corrected chi connectivity index (χ2v) is 27.1. The number of hydrogen-bond donors (Lipinski definition) is 0. The SMILES string of the molecule is CC(C)(C)c1cc(Oc2ccc3c4cc(C(C)(C)C)ccc4n(-c4cc(C(C)(C)C)ccn4)c3c2)cc(N2CN(c3cccc(C(C)(C)c4ccccc4)c3)c3cc(C(C)(C)c4ccccc4)c(C(C)(C)c4ccccc4)cc32)c1. The largest absolute Gasteiger partial charge is 0.457 e. The Morgan fingerprint density at radius 1 is 0.350 bits per heavy atom. The summed E-state index contributed by atoms with van der Waals surface area (Å²) in [5.74, 6) is 2.45. The van der Waals surface area contributed by atoms with E-state index >= 15 is 0 Å².